The second-order valence-corrected chi connectivity index (χ2v) is 7.12. The van der Waals surface area contributed by atoms with Gasteiger partial charge in [0.1, 0.15) is 17.2 Å². The fourth-order valence-electron chi connectivity index (χ4n) is 2.49. The van der Waals surface area contributed by atoms with E-state index >= 15 is 0 Å². The SMILES string of the molecule is CCc1nc(OCC2COC2)c2cc(C(C)(C)C)cc(F)c2n1. The molecule has 0 saturated carbocycles. The smallest absolute Gasteiger partial charge is 0.224 e. The van der Waals surface area contributed by atoms with Crippen LogP contribution in [0.2, 0.25) is 0 Å². The zero-order valence-electron chi connectivity index (χ0n) is 14.1. The molecule has 1 aromatic heterocycles. The highest BCUT2D eigenvalue weighted by molar-refractivity contribution is 5.85. The number of hydrogen-bond acceptors (Lipinski definition) is 4. The Kier molecular flexibility index (Phi) is 4.23. The van der Waals surface area contributed by atoms with Gasteiger partial charge < -0.3 is 9.47 Å². The third-order valence-electron chi connectivity index (χ3n) is 4.11. The van der Waals surface area contributed by atoms with Gasteiger partial charge in [-0.25, -0.2) is 9.37 Å². The Bertz CT molecular complexity index is 721. The molecule has 4 nitrogen and oxygen atoms in total. The number of aromatic nitrogens is 2. The Labute approximate surface area is 136 Å². The van der Waals surface area contributed by atoms with Crippen LogP contribution in [0.15, 0.2) is 12.1 Å². The summed E-state index contributed by atoms with van der Waals surface area (Å²) in [6.45, 7) is 10.1. The van der Waals surface area contributed by atoms with E-state index in [0.717, 1.165) is 5.56 Å². The maximum absolute atomic E-state index is 14.6. The number of ether oxygens (including phenoxy) is 2. The van der Waals surface area contributed by atoms with Gasteiger partial charge in [-0.2, -0.15) is 4.98 Å². The fraction of sp³-hybridized carbons (Fsp3) is 0.556. The number of hydrogen-bond donors (Lipinski definition) is 0. The van der Waals surface area contributed by atoms with Crippen molar-refractivity contribution in [3.05, 3.63) is 29.3 Å². The van der Waals surface area contributed by atoms with Crippen molar-refractivity contribution in [1.82, 2.24) is 9.97 Å². The molecule has 2 heterocycles. The monoisotopic (exact) mass is 318 g/mol. The number of aryl methyl sites for hydroxylation is 1. The third kappa shape index (κ3) is 3.29. The van der Waals surface area contributed by atoms with Gasteiger partial charge in [0.15, 0.2) is 0 Å². The fourth-order valence-corrected chi connectivity index (χ4v) is 2.49. The third-order valence-corrected chi connectivity index (χ3v) is 4.11. The Morgan fingerprint density at radius 2 is 2.00 bits per heavy atom. The van der Waals surface area contributed by atoms with E-state index in [1.54, 1.807) is 6.07 Å². The molecule has 5 heteroatoms. The molecule has 1 aliphatic rings. The molecule has 124 valence electrons. The van der Waals surface area contributed by atoms with E-state index in [2.05, 4.69) is 30.7 Å². The van der Waals surface area contributed by atoms with Crippen LogP contribution in [0.1, 0.15) is 39.1 Å². The van der Waals surface area contributed by atoms with Crippen molar-refractivity contribution < 1.29 is 13.9 Å². The summed E-state index contributed by atoms with van der Waals surface area (Å²) in [5, 5.41) is 0.646. The average Bonchev–Trinajstić information content (AvgIpc) is 2.44. The molecule has 0 radical (unpaired) electrons. The molecule has 3 rings (SSSR count). The van der Waals surface area contributed by atoms with E-state index in [4.69, 9.17) is 9.47 Å². The maximum atomic E-state index is 14.6. The molecular weight excluding hydrogens is 295 g/mol. The second kappa shape index (κ2) is 6.04. The molecule has 0 spiro atoms. The quantitative estimate of drug-likeness (QED) is 0.863. The van der Waals surface area contributed by atoms with Crippen LogP contribution in [-0.4, -0.2) is 29.8 Å². The van der Waals surface area contributed by atoms with Gasteiger partial charge in [-0.15, -0.1) is 0 Å². The van der Waals surface area contributed by atoms with Gasteiger partial charge >= 0.3 is 0 Å². The first-order valence-electron chi connectivity index (χ1n) is 8.09. The van der Waals surface area contributed by atoms with Crippen LogP contribution in [0, 0.1) is 11.7 Å². The molecule has 0 atom stereocenters. The van der Waals surface area contributed by atoms with Crippen molar-refractivity contribution in [1.29, 1.82) is 0 Å². The van der Waals surface area contributed by atoms with Crippen LogP contribution in [0.4, 0.5) is 4.39 Å². The Morgan fingerprint density at radius 3 is 2.57 bits per heavy atom. The van der Waals surface area contributed by atoms with Crippen molar-refractivity contribution >= 4 is 10.9 Å². The number of rotatable bonds is 4. The topological polar surface area (TPSA) is 44.2 Å². The summed E-state index contributed by atoms with van der Waals surface area (Å²) in [4.78, 5) is 8.82. The van der Waals surface area contributed by atoms with E-state index in [-0.39, 0.29) is 11.2 Å². The van der Waals surface area contributed by atoms with E-state index in [0.29, 0.717) is 54.8 Å². The molecule has 1 aliphatic heterocycles. The molecule has 0 aliphatic carbocycles. The lowest BCUT2D eigenvalue weighted by molar-refractivity contribution is -0.0512. The minimum atomic E-state index is -0.318. The zero-order valence-corrected chi connectivity index (χ0v) is 14.1. The molecule has 23 heavy (non-hydrogen) atoms. The van der Waals surface area contributed by atoms with Gasteiger partial charge in [0, 0.05) is 12.3 Å². The predicted molar refractivity (Wildman–Crippen MR) is 87.4 cm³/mol. The number of benzene rings is 1. The average molecular weight is 318 g/mol. The summed E-state index contributed by atoms with van der Waals surface area (Å²) >= 11 is 0. The Hall–Kier alpha value is -1.75. The van der Waals surface area contributed by atoms with Gasteiger partial charge in [0.2, 0.25) is 5.88 Å². The van der Waals surface area contributed by atoms with Crippen LogP contribution in [-0.2, 0) is 16.6 Å². The maximum Gasteiger partial charge on any atom is 0.224 e. The van der Waals surface area contributed by atoms with Crippen LogP contribution in [0.3, 0.4) is 0 Å². The summed E-state index contributed by atoms with van der Waals surface area (Å²) in [5.41, 5.74) is 1.09. The van der Waals surface area contributed by atoms with Crippen LogP contribution < -0.4 is 4.74 Å². The summed E-state index contributed by atoms with van der Waals surface area (Å²) in [6.07, 6.45) is 0.638. The first-order chi connectivity index (χ1) is 10.9. The number of halogens is 1. The number of nitrogens with zero attached hydrogens (tertiary/aromatic N) is 2. The highest BCUT2D eigenvalue weighted by Gasteiger charge is 2.22. The molecule has 0 unspecified atom stereocenters. The summed E-state index contributed by atoms with van der Waals surface area (Å²) < 4.78 is 25.6. The van der Waals surface area contributed by atoms with E-state index in [1.807, 2.05) is 13.0 Å². The molecular formula is C18H23FN2O2. The minimum Gasteiger partial charge on any atom is -0.477 e. The van der Waals surface area contributed by atoms with Gasteiger partial charge in [0.05, 0.1) is 25.2 Å². The lowest BCUT2D eigenvalue weighted by Gasteiger charge is -2.26. The minimum absolute atomic E-state index is 0.155. The van der Waals surface area contributed by atoms with Gasteiger partial charge in [0.25, 0.3) is 0 Å². The first-order valence-corrected chi connectivity index (χ1v) is 8.09. The standard InChI is InChI=1S/C18H23FN2O2/c1-5-15-20-16-13(6-12(7-14(16)19)18(2,3)4)17(21-15)23-10-11-8-22-9-11/h6-7,11H,5,8-10H2,1-4H3. The Balaban J connectivity index is 2.08. The van der Waals surface area contributed by atoms with Gasteiger partial charge in [-0.1, -0.05) is 27.7 Å². The van der Waals surface area contributed by atoms with Crippen LogP contribution in [0.25, 0.3) is 10.9 Å². The van der Waals surface area contributed by atoms with Crippen LogP contribution >= 0.6 is 0 Å². The molecule has 0 bridgehead atoms. The summed E-state index contributed by atoms with van der Waals surface area (Å²) in [5.74, 6) is 1.14. The lowest BCUT2D eigenvalue weighted by atomic mass is 9.86. The van der Waals surface area contributed by atoms with Gasteiger partial charge in [-0.3, -0.25) is 0 Å². The first kappa shape index (κ1) is 16.1. The van der Waals surface area contributed by atoms with Crippen molar-refractivity contribution in [3.8, 4) is 5.88 Å². The highest BCUT2D eigenvalue weighted by atomic mass is 19.1. The number of fused-ring (bicyclic) bond motifs is 1. The van der Waals surface area contributed by atoms with Crippen LogP contribution in [0.5, 0.6) is 5.88 Å². The van der Waals surface area contributed by atoms with Gasteiger partial charge in [-0.05, 0) is 23.1 Å². The normalized spacial score (nSPS) is 15.7. The van der Waals surface area contributed by atoms with E-state index < -0.39 is 0 Å². The van der Waals surface area contributed by atoms with Crippen molar-refractivity contribution in [2.24, 2.45) is 5.92 Å². The lowest BCUT2D eigenvalue weighted by Crippen LogP contribution is -2.32. The molecule has 1 aromatic carbocycles. The molecule has 1 saturated heterocycles. The summed E-state index contributed by atoms with van der Waals surface area (Å²) in [7, 11) is 0. The summed E-state index contributed by atoms with van der Waals surface area (Å²) in [6, 6.07) is 3.52. The van der Waals surface area contributed by atoms with Crippen molar-refractivity contribution in [2.45, 2.75) is 39.5 Å². The van der Waals surface area contributed by atoms with Crippen molar-refractivity contribution in [2.75, 3.05) is 19.8 Å². The Morgan fingerprint density at radius 1 is 1.26 bits per heavy atom. The highest BCUT2D eigenvalue weighted by Crippen LogP contribution is 2.32. The largest absolute Gasteiger partial charge is 0.477 e. The molecule has 1 fully saturated rings. The second-order valence-electron chi connectivity index (χ2n) is 7.12. The predicted octanol–water partition coefficient (Wildman–Crippen LogP) is 3.65. The van der Waals surface area contributed by atoms with E-state index in [9.17, 15) is 4.39 Å². The zero-order chi connectivity index (χ0) is 16.6. The molecule has 0 N–H and O–H groups in total. The molecule has 2 aromatic rings. The van der Waals surface area contributed by atoms with Crippen molar-refractivity contribution in [3.63, 3.8) is 0 Å². The van der Waals surface area contributed by atoms with E-state index in [1.165, 1.54) is 0 Å². The molecule has 0 amide bonds.